The van der Waals surface area contributed by atoms with Crippen molar-refractivity contribution in [3.05, 3.63) is 39.1 Å². The minimum atomic E-state index is -1.01. The number of aromatic nitrogens is 1. The molecule has 3 N–H and O–H groups in total. The van der Waals surface area contributed by atoms with Crippen molar-refractivity contribution in [3.8, 4) is 11.3 Å². The maximum atomic E-state index is 10.7. The number of rotatable bonds is 4. The molecule has 1 atom stereocenters. The number of nitrogens with two attached hydrogens (primary N) is 1. The smallest absolute Gasteiger partial charge is 0.320 e. The van der Waals surface area contributed by atoms with E-state index in [1.807, 2.05) is 29.6 Å². The van der Waals surface area contributed by atoms with Crippen molar-refractivity contribution in [1.29, 1.82) is 0 Å². The first-order chi connectivity index (χ1) is 8.56. The van der Waals surface area contributed by atoms with Gasteiger partial charge >= 0.3 is 5.97 Å². The van der Waals surface area contributed by atoms with Gasteiger partial charge in [0.2, 0.25) is 0 Å². The van der Waals surface area contributed by atoms with Crippen molar-refractivity contribution in [1.82, 2.24) is 4.98 Å². The van der Waals surface area contributed by atoms with E-state index in [1.165, 1.54) is 11.3 Å². The number of hydrogen-bond donors (Lipinski definition) is 2. The van der Waals surface area contributed by atoms with Gasteiger partial charge in [0.25, 0.3) is 0 Å². The molecule has 0 radical (unpaired) electrons. The highest BCUT2D eigenvalue weighted by Gasteiger charge is 2.14. The van der Waals surface area contributed by atoms with Gasteiger partial charge in [0.15, 0.2) is 0 Å². The van der Waals surface area contributed by atoms with E-state index in [9.17, 15) is 4.79 Å². The molecule has 18 heavy (non-hydrogen) atoms. The maximum absolute atomic E-state index is 10.7. The minimum Gasteiger partial charge on any atom is -0.480 e. The van der Waals surface area contributed by atoms with Crippen molar-refractivity contribution in [3.63, 3.8) is 0 Å². The Kier molecular flexibility index (Phi) is 4.11. The lowest BCUT2D eigenvalue weighted by atomic mass is 10.2. The Morgan fingerprint density at radius 2 is 2.33 bits per heavy atom. The quantitative estimate of drug-likeness (QED) is 0.905. The summed E-state index contributed by atoms with van der Waals surface area (Å²) in [5.41, 5.74) is 7.32. The van der Waals surface area contributed by atoms with Gasteiger partial charge in [-0.1, -0.05) is 28.1 Å². The number of halogens is 1. The number of carboxylic acid groups (broad SMARTS) is 1. The highest BCUT2D eigenvalue weighted by molar-refractivity contribution is 9.10. The zero-order valence-electron chi connectivity index (χ0n) is 9.34. The molecular weight excluding hydrogens is 316 g/mol. The summed E-state index contributed by atoms with van der Waals surface area (Å²) in [7, 11) is 0. The van der Waals surface area contributed by atoms with Crippen molar-refractivity contribution in [2.75, 3.05) is 0 Å². The van der Waals surface area contributed by atoms with E-state index < -0.39 is 12.0 Å². The Morgan fingerprint density at radius 1 is 1.56 bits per heavy atom. The number of benzene rings is 1. The molecule has 1 unspecified atom stereocenters. The predicted octanol–water partition coefficient (Wildman–Crippen LogP) is 2.53. The molecule has 0 fully saturated rings. The van der Waals surface area contributed by atoms with Gasteiger partial charge < -0.3 is 10.8 Å². The fourth-order valence-electron chi connectivity index (χ4n) is 1.46. The third kappa shape index (κ3) is 3.16. The molecule has 1 heterocycles. The van der Waals surface area contributed by atoms with E-state index in [0.29, 0.717) is 0 Å². The number of carbonyl (C=O) groups is 1. The van der Waals surface area contributed by atoms with Crippen LogP contribution >= 0.6 is 27.3 Å². The molecule has 94 valence electrons. The second kappa shape index (κ2) is 5.60. The Labute approximate surface area is 117 Å². The van der Waals surface area contributed by atoms with E-state index in [-0.39, 0.29) is 6.42 Å². The molecule has 1 aromatic carbocycles. The van der Waals surface area contributed by atoms with Crippen LogP contribution in [0.15, 0.2) is 34.1 Å². The van der Waals surface area contributed by atoms with Gasteiger partial charge in [-0.3, -0.25) is 4.79 Å². The van der Waals surface area contributed by atoms with Crippen molar-refractivity contribution >= 4 is 33.2 Å². The van der Waals surface area contributed by atoms with Gasteiger partial charge in [-0.25, -0.2) is 4.98 Å². The number of aliphatic carboxylic acids is 1. The molecule has 2 rings (SSSR count). The topological polar surface area (TPSA) is 76.2 Å². The van der Waals surface area contributed by atoms with Crippen molar-refractivity contribution in [2.45, 2.75) is 12.5 Å². The SMILES string of the molecule is NC(Cc1nc(-c2cccc(Br)c2)cs1)C(=O)O. The fourth-order valence-corrected chi connectivity index (χ4v) is 2.72. The number of carboxylic acids is 1. The average molecular weight is 327 g/mol. The molecule has 0 aliphatic rings. The highest BCUT2D eigenvalue weighted by Crippen LogP contribution is 2.25. The van der Waals surface area contributed by atoms with Gasteiger partial charge in [0.1, 0.15) is 6.04 Å². The van der Waals surface area contributed by atoms with Gasteiger partial charge in [-0.05, 0) is 12.1 Å². The Morgan fingerprint density at radius 3 is 3.00 bits per heavy atom. The van der Waals surface area contributed by atoms with Crippen LogP contribution in [-0.2, 0) is 11.2 Å². The summed E-state index contributed by atoms with van der Waals surface area (Å²) in [6.45, 7) is 0. The summed E-state index contributed by atoms with van der Waals surface area (Å²) in [4.78, 5) is 15.1. The summed E-state index contributed by atoms with van der Waals surface area (Å²) in [6, 6.07) is 6.90. The van der Waals surface area contributed by atoms with Gasteiger partial charge in [0.05, 0.1) is 10.7 Å². The van der Waals surface area contributed by atoms with E-state index in [0.717, 1.165) is 20.7 Å². The molecule has 0 aliphatic carbocycles. The summed E-state index contributed by atoms with van der Waals surface area (Å²) < 4.78 is 0.983. The summed E-state index contributed by atoms with van der Waals surface area (Å²) >= 11 is 4.83. The van der Waals surface area contributed by atoms with Crippen LogP contribution in [0.4, 0.5) is 0 Å². The van der Waals surface area contributed by atoms with E-state index in [4.69, 9.17) is 10.8 Å². The van der Waals surface area contributed by atoms with Crippen molar-refractivity contribution in [2.24, 2.45) is 5.73 Å². The van der Waals surface area contributed by atoms with Crippen LogP contribution in [0.3, 0.4) is 0 Å². The zero-order valence-corrected chi connectivity index (χ0v) is 11.7. The normalized spacial score (nSPS) is 12.3. The first-order valence-electron chi connectivity index (χ1n) is 5.25. The molecule has 6 heteroatoms. The lowest BCUT2D eigenvalue weighted by Gasteiger charge is -2.02. The Bertz CT molecular complexity index is 571. The number of nitrogens with zero attached hydrogens (tertiary/aromatic N) is 1. The lowest BCUT2D eigenvalue weighted by Crippen LogP contribution is -2.32. The number of thiazole rings is 1. The summed E-state index contributed by atoms with van der Waals surface area (Å²) in [5.74, 6) is -1.01. The Balaban J connectivity index is 2.18. The lowest BCUT2D eigenvalue weighted by molar-refractivity contribution is -0.138. The predicted molar refractivity (Wildman–Crippen MR) is 74.6 cm³/mol. The van der Waals surface area contributed by atoms with Gasteiger partial charge in [-0.15, -0.1) is 11.3 Å². The molecular formula is C12H11BrN2O2S. The highest BCUT2D eigenvalue weighted by atomic mass is 79.9. The van der Waals surface area contributed by atoms with Crippen molar-refractivity contribution < 1.29 is 9.90 Å². The molecule has 0 spiro atoms. The molecule has 0 saturated carbocycles. The van der Waals surface area contributed by atoms with Crippen LogP contribution in [0.25, 0.3) is 11.3 Å². The van der Waals surface area contributed by atoms with Gasteiger partial charge in [0, 0.05) is 21.8 Å². The van der Waals surface area contributed by atoms with E-state index >= 15 is 0 Å². The molecule has 1 aromatic heterocycles. The first kappa shape index (κ1) is 13.2. The molecule has 0 amide bonds. The Hall–Kier alpha value is -1.24. The molecule has 2 aromatic rings. The standard InChI is InChI=1S/C12H11BrN2O2S/c13-8-3-1-2-7(4-8)10-6-18-11(15-10)5-9(14)12(16)17/h1-4,6,9H,5,14H2,(H,16,17). The van der Waals surface area contributed by atoms with Crippen LogP contribution in [0.2, 0.25) is 0 Å². The van der Waals surface area contributed by atoms with E-state index in [1.54, 1.807) is 0 Å². The van der Waals surface area contributed by atoms with E-state index in [2.05, 4.69) is 20.9 Å². The molecule has 0 saturated heterocycles. The number of hydrogen-bond acceptors (Lipinski definition) is 4. The largest absolute Gasteiger partial charge is 0.480 e. The molecule has 4 nitrogen and oxygen atoms in total. The summed E-state index contributed by atoms with van der Waals surface area (Å²) in [6.07, 6.45) is 0.258. The van der Waals surface area contributed by atoms with Crippen LogP contribution in [-0.4, -0.2) is 22.1 Å². The van der Waals surface area contributed by atoms with Crippen LogP contribution in [0, 0.1) is 0 Å². The van der Waals surface area contributed by atoms with Gasteiger partial charge in [-0.2, -0.15) is 0 Å². The second-order valence-corrected chi connectivity index (χ2v) is 5.64. The molecule has 0 aliphatic heterocycles. The first-order valence-corrected chi connectivity index (χ1v) is 6.92. The summed E-state index contributed by atoms with van der Waals surface area (Å²) in [5, 5.41) is 11.4. The zero-order chi connectivity index (χ0) is 13.1. The van der Waals surface area contributed by atoms with Crippen LogP contribution < -0.4 is 5.73 Å². The maximum Gasteiger partial charge on any atom is 0.320 e. The minimum absolute atomic E-state index is 0.258. The average Bonchev–Trinajstić information content (AvgIpc) is 2.77. The monoisotopic (exact) mass is 326 g/mol. The third-order valence-corrected chi connectivity index (χ3v) is 3.75. The molecule has 0 bridgehead atoms. The fraction of sp³-hybridized carbons (Fsp3) is 0.167. The van der Waals surface area contributed by atoms with Crippen LogP contribution in [0.1, 0.15) is 5.01 Å². The second-order valence-electron chi connectivity index (χ2n) is 3.79. The van der Waals surface area contributed by atoms with Crippen LogP contribution in [0.5, 0.6) is 0 Å². The third-order valence-electron chi connectivity index (χ3n) is 2.38.